The molecule has 0 fully saturated rings. The van der Waals surface area contributed by atoms with Gasteiger partial charge in [-0.25, -0.2) is 8.42 Å². The third-order valence-corrected chi connectivity index (χ3v) is 5.32. The Kier molecular flexibility index (Phi) is 5.51. The molecular formula is C20H17N3O4S. The summed E-state index contributed by atoms with van der Waals surface area (Å²) in [6, 6.07) is 19.2. The maximum atomic E-state index is 12.6. The third-order valence-electron chi connectivity index (χ3n) is 3.94. The quantitative estimate of drug-likeness (QED) is 0.378. The number of hydrogen-bond acceptors (Lipinski definition) is 5. The maximum Gasteiger partial charge on any atom is 0.269 e. The molecule has 0 spiro atoms. The molecule has 0 amide bonds. The first-order valence-corrected chi connectivity index (χ1v) is 9.80. The molecule has 142 valence electrons. The summed E-state index contributed by atoms with van der Waals surface area (Å²) in [6.45, 7) is 1.88. The van der Waals surface area contributed by atoms with Crippen LogP contribution in [0.3, 0.4) is 0 Å². The fourth-order valence-corrected chi connectivity index (χ4v) is 3.49. The van der Waals surface area contributed by atoms with Gasteiger partial charge in [-0.05, 0) is 48.9 Å². The van der Waals surface area contributed by atoms with Crippen molar-refractivity contribution < 1.29 is 13.3 Å². The zero-order valence-electron chi connectivity index (χ0n) is 14.9. The van der Waals surface area contributed by atoms with E-state index in [0.717, 1.165) is 5.56 Å². The number of aryl methyl sites for hydroxylation is 1. The van der Waals surface area contributed by atoms with Gasteiger partial charge < -0.3 is 0 Å². The number of hydrogen-bond donors (Lipinski definition) is 1. The molecule has 0 radical (unpaired) electrons. The van der Waals surface area contributed by atoms with E-state index in [-0.39, 0.29) is 10.6 Å². The molecule has 7 nitrogen and oxygen atoms in total. The smallest absolute Gasteiger partial charge is 0.269 e. The summed E-state index contributed by atoms with van der Waals surface area (Å²) >= 11 is 0. The van der Waals surface area contributed by atoms with E-state index in [9.17, 15) is 18.5 Å². The minimum Gasteiger partial charge on any atom is -0.277 e. The van der Waals surface area contributed by atoms with Crippen molar-refractivity contribution in [1.29, 1.82) is 0 Å². The molecule has 3 aromatic rings. The molecule has 0 aliphatic heterocycles. The Bertz CT molecular complexity index is 1120. The van der Waals surface area contributed by atoms with Crippen molar-refractivity contribution in [3.63, 3.8) is 0 Å². The minimum atomic E-state index is -3.75. The van der Waals surface area contributed by atoms with E-state index in [4.69, 9.17) is 0 Å². The SMILES string of the molecule is Cc1ccc(S(=O)(=O)Nc2ccccc2N=Cc2ccc([N+](=O)[O-])cc2)cc1. The topological polar surface area (TPSA) is 102 Å². The highest BCUT2D eigenvalue weighted by molar-refractivity contribution is 7.92. The first-order valence-electron chi connectivity index (χ1n) is 8.32. The molecule has 0 aliphatic carbocycles. The van der Waals surface area contributed by atoms with Crippen LogP contribution >= 0.6 is 0 Å². The van der Waals surface area contributed by atoms with Gasteiger partial charge in [0.1, 0.15) is 0 Å². The number of benzene rings is 3. The van der Waals surface area contributed by atoms with E-state index < -0.39 is 14.9 Å². The lowest BCUT2D eigenvalue weighted by molar-refractivity contribution is -0.384. The number of aliphatic imine (C=N–C) groups is 1. The second-order valence-corrected chi connectivity index (χ2v) is 7.72. The van der Waals surface area contributed by atoms with Crippen LogP contribution in [0, 0.1) is 17.0 Å². The Labute approximate surface area is 162 Å². The first-order chi connectivity index (χ1) is 13.3. The number of nitro benzene ring substituents is 1. The van der Waals surface area contributed by atoms with Gasteiger partial charge in [0.15, 0.2) is 0 Å². The molecule has 0 atom stereocenters. The van der Waals surface area contributed by atoms with Crippen LogP contribution in [0.5, 0.6) is 0 Å². The highest BCUT2D eigenvalue weighted by Crippen LogP contribution is 2.27. The number of anilines is 1. The molecule has 0 aliphatic rings. The highest BCUT2D eigenvalue weighted by Gasteiger charge is 2.15. The van der Waals surface area contributed by atoms with Gasteiger partial charge in [0.2, 0.25) is 0 Å². The molecule has 0 saturated carbocycles. The van der Waals surface area contributed by atoms with Crippen molar-refractivity contribution in [3.05, 3.63) is 94.0 Å². The molecule has 3 rings (SSSR count). The lowest BCUT2D eigenvalue weighted by Gasteiger charge is -2.10. The monoisotopic (exact) mass is 395 g/mol. The predicted molar refractivity (Wildman–Crippen MR) is 109 cm³/mol. The van der Waals surface area contributed by atoms with Gasteiger partial charge in [0.05, 0.1) is 21.2 Å². The van der Waals surface area contributed by atoms with Gasteiger partial charge in [-0.3, -0.25) is 19.8 Å². The summed E-state index contributed by atoms with van der Waals surface area (Å²) in [4.78, 5) is 14.7. The lowest BCUT2D eigenvalue weighted by atomic mass is 10.2. The second-order valence-electron chi connectivity index (χ2n) is 6.04. The number of rotatable bonds is 6. The molecule has 0 unspecified atom stereocenters. The largest absolute Gasteiger partial charge is 0.277 e. The Morgan fingerprint density at radius 2 is 1.61 bits per heavy atom. The molecule has 3 aromatic carbocycles. The van der Waals surface area contributed by atoms with Crippen LogP contribution < -0.4 is 4.72 Å². The van der Waals surface area contributed by atoms with Gasteiger partial charge in [-0.2, -0.15) is 0 Å². The van der Waals surface area contributed by atoms with Crippen molar-refractivity contribution in [1.82, 2.24) is 0 Å². The summed E-state index contributed by atoms with van der Waals surface area (Å²) in [6.07, 6.45) is 1.52. The van der Waals surface area contributed by atoms with Crippen LogP contribution in [-0.2, 0) is 10.0 Å². The Morgan fingerprint density at radius 3 is 2.25 bits per heavy atom. The van der Waals surface area contributed by atoms with Gasteiger partial charge in [0.25, 0.3) is 15.7 Å². The van der Waals surface area contributed by atoms with Gasteiger partial charge in [-0.1, -0.05) is 29.8 Å². The van der Waals surface area contributed by atoms with Crippen molar-refractivity contribution in [2.45, 2.75) is 11.8 Å². The van der Waals surface area contributed by atoms with E-state index in [1.807, 2.05) is 6.92 Å². The summed E-state index contributed by atoms with van der Waals surface area (Å²) in [7, 11) is -3.75. The van der Waals surface area contributed by atoms with Crippen LogP contribution in [0.25, 0.3) is 0 Å². The standard InChI is InChI=1S/C20H17N3O4S/c1-15-6-12-18(13-7-15)28(26,27)22-20-5-3-2-4-19(20)21-14-16-8-10-17(11-9-16)23(24)25/h2-14,22H,1H3. The molecule has 1 N–H and O–H groups in total. The van der Waals surface area contributed by atoms with Crippen LogP contribution in [0.2, 0.25) is 0 Å². The van der Waals surface area contributed by atoms with Crippen LogP contribution in [0.1, 0.15) is 11.1 Å². The summed E-state index contributed by atoms with van der Waals surface area (Å²) in [5.74, 6) is 0. The number of nitrogens with one attached hydrogen (secondary N) is 1. The fourth-order valence-electron chi connectivity index (χ4n) is 2.42. The molecule has 8 heteroatoms. The second kappa shape index (κ2) is 8.01. The molecule has 0 saturated heterocycles. The Morgan fingerprint density at radius 1 is 0.964 bits per heavy atom. The van der Waals surface area contributed by atoms with Crippen molar-refractivity contribution in [2.24, 2.45) is 4.99 Å². The summed E-state index contributed by atoms with van der Waals surface area (Å²) in [5.41, 5.74) is 2.37. The zero-order chi connectivity index (χ0) is 20.1. The van der Waals surface area contributed by atoms with E-state index >= 15 is 0 Å². The average molecular weight is 395 g/mol. The zero-order valence-corrected chi connectivity index (χ0v) is 15.8. The van der Waals surface area contributed by atoms with Crippen molar-refractivity contribution in [2.75, 3.05) is 4.72 Å². The molecule has 0 aromatic heterocycles. The molecule has 0 bridgehead atoms. The van der Waals surface area contributed by atoms with Gasteiger partial charge in [-0.15, -0.1) is 0 Å². The Hall–Kier alpha value is -3.52. The lowest BCUT2D eigenvalue weighted by Crippen LogP contribution is -2.13. The Balaban J connectivity index is 1.85. The first kappa shape index (κ1) is 19.2. The minimum absolute atomic E-state index is 0.0107. The van der Waals surface area contributed by atoms with Crippen LogP contribution in [0.15, 0.2) is 82.7 Å². The predicted octanol–water partition coefficient (Wildman–Crippen LogP) is 4.45. The molecular weight excluding hydrogens is 378 g/mol. The van der Waals surface area contributed by atoms with E-state index in [1.165, 1.54) is 18.3 Å². The average Bonchev–Trinajstić information content (AvgIpc) is 2.68. The molecule has 28 heavy (non-hydrogen) atoms. The van der Waals surface area contributed by atoms with Gasteiger partial charge >= 0.3 is 0 Å². The maximum absolute atomic E-state index is 12.6. The normalized spacial score (nSPS) is 11.5. The summed E-state index contributed by atoms with van der Waals surface area (Å²) < 4.78 is 27.8. The number of non-ortho nitro benzene ring substituents is 1. The van der Waals surface area contributed by atoms with E-state index in [2.05, 4.69) is 9.71 Å². The van der Waals surface area contributed by atoms with Crippen LogP contribution in [-0.4, -0.2) is 19.6 Å². The number of sulfonamides is 1. The number of nitrogens with zero attached hydrogens (tertiary/aromatic N) is 2. The van der Waals surface area contributed by atoms with Gasteiger partial charge in [0, 0.05) is 18.3 Å². The fraction of sp³-hybridized carbons (Fsp3) is 0.0500. The van der Waals surface area contributed by atoms with E-state index in [0.29, 0.717) is 16.9 Å². The van der Waals surface area contributed by atoms with E-state index in [1.54, 1.807) is 60.7 Å². The summed E-state index contributed by atoms with van der Waals surface area (Å²) in [5, 5.41) is 10.7. The van der Waals surface area contributed by atoms with Crippen LogP contribution in [0.4, 0.5) is 17.1 Å². The van der Waals surface area contributed by atoms with Crippen molar-refractivity contribution in [3.8, 4) is 0 Å². The highest BCUT2D eigenvalue weighted by atomic mass is 32.2. The van der Waals surface area contributed by atoms with Crippen molar-refractivity contribution >= 4 is 33.3 Å². The number of nitro groups is 1. The number of para-hydroxylation sites is 2. The third kappa shape index (κ3) is 4.60. The molecule has 0 heterocycles.